The van der Waals surface area contributed by atoms with Crippen LogP contribution < -0.4 is 4.90 Å². The van der Waals surface area contributed by atoms with Gasteiger partial charge in [0.2, 0.25) is 5.91 Å². The molecule has 1 unspecified atom stereocenters. The first-order valence-corrected chi connectivity index (χ1v) is 8.81. The topological polar surface area (TPSA) is 20.3 Å². The van der Waals surface area contributed by atoms with Gasteiger partial charge in [0.1, 0.15) is 0 Å². The Morgan fingerprint density at radius 3 is 2.68 bits per heavy atom. The molecule has 0 N–H and O–H groups in total. The number of anilines is 1. The minimum Gasteiger partial charge on any atom is -0.311 e. The van der Waals surface area contributed by atoms with Crippen molar-refractivity contribution in [2.24, 2.45) is 0 Å². The first-order valence-electron chi connectivity index (χ1n) is 7.83. The van der Waals surface area contributed by atoms with Crippen molar-refractivity contribution in [2.75, 3.05) is 17.2 Å². The van der Waals surface area contributed by atoms with Gasteiger partial charge in [-0.1, -0.05) is 49.4 Å². The number of nitrogens with zero attached hydrogens (tertiary/aromatic N) is 1. The SMILES string of the molecule is CC(CC(=O)N1CCCSc2ccccc21)c1ccccc1. The van der Waals surface area contributed by atoms with E-state index in [1.54, 1.807) is 0 Å². The van der Waals surface area contributed by atoms with Crippen molar-refractivity contribution in [1.82, 2.24) is 0 Å². The van der Waals surface area contributed by atoms with Gasteiger partial charge in [-0.15, -0.1) is 11.8 Å². The second-order valence-corrected chi connectivity index (χ2v) is 6.87. The van der Waals surface area contributed by atoms with Crippen LogP contribution in [-0.4, -0.2) is 18.2 Å². The van der Waals surface area contributed by atoms with Gasteiger partial charge in [0, 0.05) is 17.9 Å². The van der Waals surface area contributed by atoms with Crippen LogP contribution in [0.4, 0.5) is 5.69 Å². The van der Waals surface area contributed by atoms with Gasteiger partial charge in [-0.3, -0.25) is 4.79 Å². The van der Waals surface area contributed by atoms with Crippen molar-refractivity contribution >= 4 is 23.4 Å². The van der Waals surface area contributed by atoms with Crippen LogP contribution in [0.3, 0.4) is 0 Å². The van der Waals surface area contributed by atoms with Gasteiger partial charge in [-0.05, 0) is 35.8 Å². The highest BCUT2D eigenvalue weighted by Gasteiger charge is 2.22. The van der Waals surface area contributed by atoms with Crippen molar-refractivity contribution < 1.29 is 4.79 Å². The molecule has 2 aromatic rings. The molecular weight excluding hydrogens is 290 g/mol. The Morgan fingerprint density at radius 1 is 1.14 bits per heavy atom. The summed E-state index contributed by atoms with van der Waals surface area (Å²) in [4.78, 5) is 16.0. The van der Waals surface area contributed by atoms with Gasteiger partial charge in [0.15, 0.2) is 0 Å². The van der Waals surface area contributed by atoms with Gasteiger partial charge in [0.25, 0.3) is 0 Å². The van der Waals surface area contributed by atoms with Crippen LogP contribution in [0.15, 0.2) is 59.5 Å². The van der Waals surface area contributed by atoms with E-state index in [1.165, 1.54) is 10.5 Å². The van der Waals surface area contributed by atoms with Gasteiger partial charge in [-0.25, -0.2) is 0 Å². The molecule has 0 fully saturated rings. The Bertz CT molecular complexity index is 641. The predicted molar refractivity (Wildman–Crippen MR) is 93.6 cm³/mol. The molecule has 0 bridgehead atoms. The average molecular weight is 311 g/mol. The van der Waals surface area contributed by atoms with E-state index in [1.807, 2.05) is 47.0 Å². The fourth-order valence-electron chi connectivity index (χ4n) is 2.86. The van der Waals surface area contributed by atoms with Crippen LogP contribution in [0.25, 0.3) is 0 Å². The highest BCUT2D eigenvalue weighted by Crippen LogP contribution is 2.34. The highest BCUT2D eigenvalue weighted by atomic mass is 32.2. The second kappa shape index (κ2) is 7.01. The Kier molecular flexibility index (Phi) is 4.84. The smallest absolute Gasteiger partial charge is 0.227 e. The van der Waals surface area contributed by atoms with Crippen LogP contribution in [-0.2, 0) is 4.79 Å². The molecule has 22 heavy (non-hydrogen) atoms. The van der Waals surface area contributed by atoms with Crippen molar-refractivity contribution in [3.05, 3.63) is 60.2 Å². The quantitative estimate of drug-likeness (QED) is 0.818. The number of para-hydroxylation sites is 1. The van der Waals surface area contributed by atoms with Gasteiger partial charge in [0.05, 0.1) is 5.69 Å². The molecule has 0 radical (unpaired) electrons. The molecule has 2 nitrogen and oxygen atoms in total. The van der Waals surface area contributed by atoms with Crippen LogP contribution in [0, 0.1) is 0 Å². The molecule has 0 saturated carbocycles. The number of carbonyl (C=O) groups excluding carboxylic acids is 1. The van der Waals surface area contributed by atoms with E-state index in [-0.39, 0.29) is 11.8 Å². The van der Waals surface area contributed by atoms with Crippen molar-refractivity contribution in [1.29, 1.82) is 0 Å². The molecule has 1 amide bonds. The zero-order valence-electron chi connectivity index (χ0n) is 12.9. The van der Waals surface area contributed by atoms with Crippen LogP contribution >= 0.6 is 11.8 Å². The molecule has 3 rings (SSSR count). The normalized spacial score (nSPS) is 15.8. The molecule has 2 aromatic carbocycles. The molecule has 3 heteroatoms. The molecule has 1 heterocycles. The Morgan fingerprint density at radius 2 is 1.86 bits per heavy atom. The summed E-state index contributed by atoms with van der Waals surface area (Å²) < 4.78 is 0. The number of amides is 1. The summed E-state index contributed by atoms with van der Waals surface area (Å²) in [6.45, 7) is 2.95. The number of rotatable bonds is 3. The van der Waals surface area contributed by atoms with Crippen molar-refractivity contribution in [3.8, 4) is 0 Å². The van der Waals surface area contributed by atoms with Crippen LogP contribution in [0.1, 0.15) is 31.2 Å². The summed E-state index contributed by atoms with van der Waals surface area (Å²) in [5, 5.41) is 0. The number of thioether (sulfide) groups is 1. The lowest BCUT2D eigenvalue weighted by Gasteiger charge is -2.24. The number of hydrogen-bond donors (Lipinski definition) is 0. The number of hydrogen-bond acceptors (Lipinski definition) is 2. The zero-order valence-corrected chi connectivity index (χ0v) is 13.7. The highest BCUT2D eigenvalue weighted by molar-refractivity contribution is 7.99. The fourth-order valence-corrected chi connectivity index (χ4v) is 3.85. The lowest BCUT2D eigenvalue weighted by Crippen LogP contribution is -2.32. The van der Waals surface area contributed by atoms with E-state index in [4.69, 9.17) is 0 Å². The molecule has 114 valence electrons. The third kappa shape index (κ3) is 3.36. The molecule has 1 aliphatic rings. The molecule has 0 aliphatic carbocycles. The molecule has 0 aromatic heterocycles. The molecule has 1 aliphatic heterocycles. The summed E-state index contributed by atoms with van der Waals surface area (Å²) in [5.41, 5.74) is 2.31. The maximum Gasteiger partial charge on any atom is 0.227 e. The monoisotopic (exact) mass is 311 g/mol. The Labute approximate surface area is 136 Å². The average Bonchev–Trinajstić information content (AvgIpc) is 2.78. The molecule has 1 atom stereocenters. The maximum atomic E-state index is 12.8. The largest absolute Gasteiger partial charge is 0.311 e. The third-order valence-corrected chi connectivity index (χ3v) is 5.24. The predicted octanol–water partition coefficient (Wildman–Crippen LogP) is 4.71. The van der Waals surface area contributed by atoms with Crippen molar-refractivity contribution in [3.63, 3.8) is 0 Å². The Hall–Kier alpha value is -1.74. The van der Waals surface area contributed by atoms with Gasteiger partial charge in [-0.2, -0.15) is 0 Å². The lowest BCUT2D eigenvalue weighted by molar-refractivity contribution is -0.118. The second-order valence-electron chi connectivity index (χ2n) is 5.73. The summed E-state index contributed by atoms with van der Waals surface area (Å²) in [5.74, 6) is 1.55. The van der Waals surface area contributed by atoms with Crippen LogP contribution in [0.2, 0.25) is 0 Å². The summed E-state index contributed by atoms with van der Waals surface area (Å²) >= 11 is 1.85. The zero-order chi connectivity index (χ0) is 15.4. The van der Waals surface area contributed by atoms with E-state index in [0.29, 0.717) is 6.42 Å². The first kappa shape index (κ1) is 15.2. The first-order chi connectivity index (χ1) is 10.8. The number of fused-ring (bicyclic) bond motifs is 1. The number of carbonyl (C=O) groups is 1. The van der Waals surface area contributed by atoms with E-state index in [9.17, 15) is 4.79 Å². The van der Waals surface area contributed by atoms with Crippen LogP contribution in [0.5, 0.6) is 0 Å². The minimum absolute atomic E-state index is 0.228. The van der Waals surface area contributed by atoms with Gasteiger partial charge >= 0.3 is 0 Å². The molecular formula is C19H21NOS. The van der Waals surface area contributed by atoms with E-state index in [0.717, 1.165) is 24.4 Å². The lowest BCUT2D eigenvalue weighted by atomic mass is 9.97. The maximum absolute atomic E-state index is 12.8. The number of benzene rings is 2. The molecule has 0 saturated heterocycles. The van der Waals surface area contributed by atoms with E-state index < -0.39 is 0 Å². The minimum atomic E-state index is 0.228. The van der Waals surface area contributed by atoms with Crippen molar-refractivity contribution in [2.45, 2.75) is 30.6 Å². The summed E-state index contributed by atoms with van der Waals surface area (Å²) in [7, 11) is 0. The standard InChI is InChI=1S/C19H21NOS/c1-15(16-8-3-2-4-9-16)14-19(21)20-12-7-13-22-18-11-6-5-10-17(18)20/h2-6,8-11,15H,7,12-14H2,1H3. The Balaban J connectivity index is 1.77. The third-order valence-electron chi connectivity index (χ3n) is 4.09. The van der Waals surface area contributed by atoms with Gasteiger partial charge < -0.3 is 4.90 Å². The fraction of sp³-hybridized carbons (Fsp3) is 0.316. The van der Waals surface area contributed by atoms with E-state index in [2.05, 4.69) is 31.2 Å². The summed E-state index contributed by atoms with van der Waals surface area (Å²) in [6, 6.07) is 18.5. The van der Waals surface area contributed by atoms with E-state index >= 15 is 0 Å². The molecule has 0 spiro atoms. The summed E-state index contributed by atoms with van der Waals surface area (Å²) in [6.07, 6.45) is 1.60.